The Balaban J connectivity index is 1.85. The van der Waals surface area contributed by atoms with Crippen LogP contribution >= 0.6 is 0 Å². The van der Waals surface area contributed by atoms with Gasteiger partial charge in [-0.05, 0) is 19.3 Å². The number of aryl methyl sites for hydroxylation is 1. The molecule has 96 valence electrons. The molecule has 7 heteroatoms. The van der Waals surface area contributed by atoms with Crippen molar-refractivity contribution in [2.45, 2.75) is 38.3 Å². The van der Waals surface area contributed by atoms with Gasteiger partial charge >= 0.3 is 5.97 Å². The number of aromatic nitrogens is 2. The highest BCUT2D eigenvalue weighted by molar-refractivity contribution is 5.92. The lowest BCUT2D eigenvalue weighted by atomic mass is 9.89. The van der Waals surface area contributed by atoms with Crippen LogP contribution in [0.2, 0.25) is 0 Å². The van der Waals surface area contributed by atoms with E-state index in [4.69, 9.17) is 9.63 Å². The Morgan fingerprint density at radius 3 is 2.78 bits per heavy atom. The normalized spacial score (nSPS) is 29.8. The maximum Gasteiger partial charge on any atom is 0.308 e. The Morgan fingerprint density at radius 1 is 1.44 bits per heavy atom. The lowest BCUT2D eigenvalue weighted by molar-refractivity contribution is -0.142. The number of rotatable bonds is 2. The molecule has 0 aliphatic carbocycles. The molecule has 3 rings (SSSR count). The van der Waals surface area contributed by atoms with Crippen molar-refractivity contribution in [1.82, 2.24) is 15.0 Å². The summed E-state index contributed by atoms with van der Waals surface area (Å²) < 4.78 is 4.79. The van der Waals surface area contributed by atoms with Gasteiger partial charge in [-0.15, -0.1) is 0 Å². The monoisotopic (exact) mass is 251 g/mol. The molecule has 18 heavy (non-hydrogen) atoms. The molecular weight excluding hydrogens is 238 g/mol. The number of amides is 1. The Kier molecular flexibility index (Phi) is 2.36. The van der Waals surface area contributed by atoms with Gasteiger partial charge in [-0.1, -0.05) is 5.16 Å². The number of fused-ring (bicyclic) bond motifs is 2. The van der Waals surface area contributed by atoms with Gasteiger partial charge in [-0.25, -0.2) is 0 Å². The molecule has 7 nitrogen and oxygen atoms in total. The summed E-state index contributed by atoms with van der Waals surface area (Å²) >= 11 is 0. The molecule has 2 saturated heterocycles. The van der Waals surface area contributed by atoms with Gasteiger partial charge in [-0.2, -0.15) is 4.98 Å². The van der Waals surface area contributed by atoms with Crippen molar-refractivity contribution in [3.05, 3.63) is 11.7 Å². The van der Waals surface area contributed by atoms with E-state index in [9.17, 15) is 9.59 Å². The summed E-state index contributed by atoms with van der Waals surface area (Å²) in [7, 11) is 0. The summed E-state index contributed by atoms with van der Waals surface area (Å²) in [4.78, 5) is 28.9. The minimum absolute atomic E-state index is 0.00223. The second-order valence-electron chi connectivity index (χ2n) is 4.83. The topological polar surface area (TPSA) is 96.5 Å². The van der Waals surface area contributed by atoms with Gasteiger partial charge in [0, 0.05) is 19.0 Å². The van der Waals surface area contributed by atoms with E-state index in [0.717, 1.165) is 12.8 Å². The van der Waals surface area contributed by atoms with Gasteiger partial charge in [0.15, 0.2) is 0 Å². The molecule has 0 aromatic carbocycles. The van der Waals surface area contributed by atoms with E-state index in [-0.39, 0.29) is 23.8 Å². The molecule has 0 saturated carbocycles. The van der Waals surface area contributed by atoms with Crippen molar-refractivity contribution in [3.8, 4) is 0 Å². The SMILES string of the molecule is Cc1nc(C(=O)N2C3CCC2C(C(=O)O)C3)no1. The first-order valence-electron chi connectivity index (χ1n) is 5.93. The number of aliphatic carboxylic acids is 1. The first-order chi connectivity index (χ1) is 8.58. The second-order valence-corrected chi connectivity index (χ2v) is 4.83. The fourth-order valence-electron chi connectivity index (χ4n) is 3.07. The third-order valence-corrected chi connectivity index (χ3v) is 3.81. The van der Waals surface area contributed by atoms with Crippen molar-refractivity contribution < 1.29 is 19.2 Å². The van der Waals surface area contributed by atoms with Crippen LogP contribution in [0, 0.1) is 12.8 Å². The van der Waals surface area contributed by atoms with Gasteiger partial charge in [0.2, 0.25) is 5.89 Å². The minimum Gasteiger partial charge on any atom is -0.481 e. The van der Waals surface area contributed by atoms with Gasteiger partial charge in [-0.3, -0.25) is 9.59 Å². The number of carbonyl (C=O) groups is 2. The van der Waals surface area contributed by atoms with Crippen LogP contribution in [0.15, 0.2) is 4.52 Å². The van der Waals surface area contributed by atoms with Crippen LogP contribution in [0.3, 0.4) is 0 Å². The van der Waals surface area contributed by atoms with Crippen LogP contribution < -0.4 is 0 Å². The lowest BCUT2D eigenvalue weighted by Crippen LogP contribution is -2.38. The molecule has 2 bridgehead atoms. The van der Waals surface area contributed by atoms with E-state index in [1.54, 1.807) is 11.8 Å². The number of carboxylic acid groups (broad SMARTS) is 1. The van der Waals surface area contributed by atoms with Crippen LogP contribution in [0.4, 0.5) is 0 Å². The molecule has 2 fully saturated rings. The first kappa shape index (κ1) is 11.2. The van der Waals surface area contributed by atoms with Gasteiger partial charge in [0.25, 0.3) is 11.7 Å². The highest BCUT2D eigenvalue weighted by atomic mass is 16.5. The molecular formula is C11H13N3O4. The smallest absolute Gasteiger partial charge is 0.308 e. The average molecular weight is 251 g/mol. The average Bonchev–Trinajstić information content (AvgIpc) is 3.01. The van der Waals surface area contributed by atoms with Crippen LogP contribution in [-0.4, -0.2) is 44.1 Å². The largest absolute Gasteiger partial charge is 0.481 e. The molecule has 1 aromatic heterocycles. The van der Waals surface area contributed by atoms with Crippen molar-refractivity contribution in [1.29, 1.82) is 0 Å². The highest BCUT2D eigenvalue weighted by Crippen LogP contribution is 2.42. The Morgan fingerprint density at radius 2 is 2.22 bits per heavy atom. The zero-order valence-corrected chi connectivity index (χ0v) is 9.87. The summed E-state index contributed by atoms with van der Waals surface area (Å²) in [5.41, 5.74) is 0. The van der Waals surface area contributed by atoms with Gasteiger partial charge in [0.05, 0.1) is 5.92 Å². The molecule has 2 aliphatic heterocycles. The molecule has 0 spiro atoms. The number of carboxylic acids is 1. The van der Waals surface area contributed by atoms with Crippen molar-refractivity contribution in [2.75, 3.05) is 0 Å². The van der Waals surface area contributed by atoms with E-state index in [1.165, 1.54) is 0 Å². The standard InChI is InChI=1S/C11H13N3O4/c1-5-12-9(13-18-5)10(15)14-6-2-3-8(14)7(4-6)11(16)17/h6-8H,2-4H2,1H3,(H,16,17). The molecule has 3 atom stereocenters. The molecule has 2 aliphatic rings. The molecule has 1 aromatic rings. The van der Waals surface area contributed by atoms with Crippen molar-refractivity contribution in [2.24, 2.45) is 5.92 Å². The summed E-state index contributed by atoms with van der Waals surface area (Å²) in [6, 6.07) is -0.221. The third-order valence-electron chi connectivity index (χ3n) is 3.81. The Bertz CT molecular complexity index is 512. The lowest BCUT2D eigenvalue weighted by Gasteiger charge is -2.21. The highest BCUT2D eigenvalue weighted by Gasteiger charge is 2.52. The molecule has 3 unspecified atom stereocenters. The quantitative estimate of drug-likeness (QED) is 0.820. The zero-order valence-electron chi connectivity index (χ0n) is 9.87. The maximum atomic E-state index is 12.2. The number of hydrogen-bond acceptors (Lipinski definition) is 5. The van der Waals surface area contributed by atoms with Crippen LogP contribution in [-0.2, 0) is 4.79 Å². The Labute approximate surface area is 103 Å². The molecule has 0 radical (unpaired) electrons. The fraction of sp³-hybridized carbons (Fsp3) is 0.636. The summed E-state index contributed by atoms with van der Waals surface area (Å²) in [5, 5.41) is 12.7. The predicted molar refractivity (Wildman–Crippen MR) is 57.8 cm³/mol. The fourth-order valence-corrected chi connectivity index (χ4v) is 3.07. The van der Waals surface area contributed by atoms with Crippen molar-refractivity contribution in [3.63, 3.8) is 0 Å². The maximum absolute atomic E-state index is 12.2. The number of nitrogens with zero attached hydrogens (tertiary/aromatic N) is 3. The number of hydrogen-bond donors (Lipinski definition) is 1. The van der Waals surface area contributed by atoms with E-state index in [0.29, 0.717) is 12.3 Å². The van der Waals surface area contributed by atoms with E-state index < -0.39 is 11.9 Å². The van der Waals surface area contributed by atoms with E-state index in [1.807, 2.05) is 0 Å². The van der Waals surface area contributed by atoms with Crippen LogP contribution in [0.5, 0.6) is 0 Å². The molecule has 1 amide bonds. The number of carbonyl (C=O) groups excluding carboxylic acids is 1. The van der Waals surface area contributed by atoms with Crippen LogP contribution in [0.25, 0.3) is 0 Å². The second kappa shape index (κ2) is 3.79. The zero-order chi connectivity index (χ0) is 12.9. The third kappa shape index (κ3) is 1.50. The van der Waals surface area contributed by atoms with Gasteiger partial charge in [0.1, 0.15) is 0 Å². The van der Waals surface area contributed by atoms with E-state index in [2.05, 4.69) is 10.1 Å². The van der Waals surface area contributed by atoms with Crippen molar-refractivity contribution >= 4 is 11.9 Å². The summed E-state index contributed by atoms with van der Waals surface area (Å²) in [5.74, 6) is -1.25. The van der Waals surface area contributed by atoms with Crippen LogP contribution in [0.1, 0.15) is 35.8 Å². The minimum atomic E-state index is -0.829. The van der Waals surface area contributed by atoms with Gasteiger partial charge < -0.3 is 14.5 Å². The predicted octanol–water partition coefficient (Wildman–Crippen LogP) is 0.456. The first-order valence-corrected chi connectivity index (χ1v) is 5.93. The molecule has 3 heterocycles. The van der Waals surface area contributed by atoms with E-state index >= 15 is 0 Å². The Hall–Kier alpha value is -1.92. The molecule has 1 N–H and O–H groups in total. The summed E-state index contributed by atoms with van der Waals surface area (Å²) in [6.07, 6.45) is 2.13. The summed E-state index contributed by atoms with van der Waals surface area (Å²) in [6.45, 7) is 1.61.